The normalized spacial score (nSPS) is 17.9. The molecule has 2 aliphatic heterocycles. The quantitative estimate of drug-likeness (QED) is 0.845. The van der Waals surface area contributed by atoms with Crippen molar-refractivity contribution in [2.75, 3.05) is 39.2 Å². The maximum Gasteiger partial charge on any atom is 0.322 e. The molecule has 2 aromatic rings. The molecule has 3 amide bonds. The highest BCUT2D eigenvalue weighted by molar-refractivity contribution is 5.94. The number of aryl methyl sites for hydroxylation is 1. The van der Waals surface area contributed by atoms with E-state index < -0.39 is 0 Å². The Morgan fingerprint density at radius 1 is 1.13 bits per heavy atom. The Balaban J connectivity index is 1.61. The summed E-state index contributed by atoms with van der Waals surface area (Å²) in [6, 6.07) is 9.26. The molecule has 7 heteroatoms. The SMILES string of the molecule is COc1cc2c(cc1OC)C1CN(C(=O)Nc3cccc(C)c3C)CC(=O)N1CC2. The minimum atomic E-state index is -0.260. The van der Waals surface area contributed by atoms with Gasteiger partial charge in [-0.15, -0.1) is 0 Å². The van der Waals surface area contributed by atoms with Crippen LogP contribution in [0.2, 0.25) is 0 Å². The number of hydrogen-bond acceptors (Lipinski definition) is 4. The first-order valence-corrected chi connectivity index (χ1v) is 10.1. The van der Waals surface area contributed by atoms with Crippen molar-refractivity contribution < 1.29 is 19.1 Å². The molecule has 0 saturated carbocycles. The molecule has 4 rings (SSSR count). The van der Waals surface area contributed by atoms with E-state index in [4.69, 9.17) is 9.47 Å². The number of urea groups is 1. The van der Waals surface area contributed by atoms with Crippen LogP contribution in [0.1, 0.15) is 28.3 Å². The van der Waals surface area contributed by atoms with Gasteiger partial charge in [0.25, 0.3) is 0 Å². The highest BCUT2D eigenvalue weighted by Gasteiger charge is 2.39. The molecular weight excluding hydrogens is 382 g/mol. The van der Waals surface area contributed by atoms with Crippen LogP contribution in [0.4, 0.5) is 10.5 Å². The zero-order chi connectivity index (χ0) is 21.4. The molecule has 1 unspecified atom stereocenters. The Morgan fingerprint density at radius 3 is 2.60 bits per heavy atom. The van der Waals surface area contributed by atoms with Gasteiger partial charge in [0.05, 0.1) is 20.3 Å². The number of carbonyl (C=O) groups is 2. The molecule has 0 aromatic heterocycles. The van der Waals surface area contributed by atoms with Crippen LogP contribution in [0.3, 0.4) is 0 Å². The number of rotatable bonds is 3. The van der Waals surface area contributed by atoms with Crippen molar-refractivity contribution in [3.05, 3.63) is 52.6 Å². The topological polar surface area (TPSA) is 71.1 Å². The van der Waals surface area contributed by atoms with Crippen LogP contribution in [-0.2, 0) is 11.2 Å². The minimum absolute atomic E-state index is 0.0391. The van der Waals surface area contributed by atoms with E-state index in [0.29, 0.717) is 24.6 Å². The largest absolute Gasteiger partial charge is 0.493 e. The fourth-order valence-corrected chi connectivity index (χ4v) is 4.29. The number of nitrogens with zero attached hydrogens (tertiary/aromatic N) is 2. The van der Waals surface area contributed by atoms with E-state index in [1.54, 1.807) is 19.1 Å². The van der Waals surface area contributed by atoms with E-state index in [9.17, 15) is 9.59 Å². The predicted octanol–water partition coefficient (Wildman–Crippen LogP) is 3.29. The van der Waals surface area contributed by atoms with Crippen LogP contribution in [0.5, 0.6) is 11.5 Å². The third-order valence-electron chi connectivity index (χ3n) is 6.18. The number of nitrogens with one attached hydrogen (secondary N) is 1. The van der Waals surface area contributed by atoms with Crippen molar-refractivity contribution in [3.8, 4) is 11.5 Å². The third-order valence-corrected chi connectivity index (χ3v) is 6.18. The minimum Gasteiger partial charge on any atom is -0.493 e. The summed E-state index contributed by atoms with van der Waals surface area (Å²) in [5.41, 5.74) is 5.03. The number of hydrogen-bond donors (Lipinski definition) is 1. The summed E-state index contributed by atoms with van der Waals surface area (Å²) in [6.07, 6.45) is 0.757. The van der Waals surface area contributed by atoms with Gasteiger partial charge >= 0.3 is 6.03 Å². The lowest BCUT2D eigenvalue weighted by atomic mass is 9.90. The van der Waals surface area contributed by atoms with Crippen molar-refractivity contribution >= 4 is 17.6 Å². The average molecular weight is 409 g/mol. The fraction of sp³-hybridized carbons (Fsp3) is 0.391. The Kier molecular flexibility index (Phi) is 5.28. The van der Waals surface area contributed by atoms with E-state index in [2.05, 4.69) is 5.32 Å². The van der Waals surface area contributed by atoms with Gasteiger partial charge in [-0.2, -0.15) is 0 Å². The number of piperazine rings is 1. The molecule has 0 bridgehead atoms. The molecule has 0 radical (unpaired) electrons. The van der Waals surface area contributed by atoms with Crippen LogP contribution in [0.15, 0.2) is 30.3 Å². The average Bonchev–Trinajstić information content (AvgIpc) is 2.75. The second-order valence-corrected chi connectivity index (χ2v) is 7.82. The number of benzene rings is 2. The van der Waals surface area contributed by atoms with Gasteiger partial charge in [0.2, 0.25) is 5.91 Å². The maximum absolute atomic E-state index is 13.0. The van der Waals surface area contributed by atoms with E-state index >= 15 is 0 Å². The van der Waals surface area contributed by atoms with Crippen LogP contribution >= 0.6 is 0 Å². The van der Waals surface area contributed by atoms with Gasteiger partial charge in [0, 0.05) is 18.8 Å². The third kappa shape index (κ3) is 3.44. The number of amides is 3. The Morgan fingerprint density at radius 2 is 1.87 bits per heavy atom. The smallest absolute Gasteiger partial charge is 0.322 e. The maximum atomic E-state index is 13.0. The van der Waals surface area contributed by atoms with Crippen LogP contribution < -0.4 is 14.8 Å². The van der Waals surface area contributed by atoms with Gasteiger partial charge in [0.1, 0.15) is 6.54 Å². The molecule has 1 atom stereocenters. The summed E-state index contributed by atoms with van der Waals surface area (Å²) in [5, 5.41) is 2.97. The zero-order valence-electron chi connectivity index (χ0n) is 17.8. The first-order valence-electron chi connectivity index (χ1n) is 10.1. The van der Waals surface area contributed by atoms with Gasteiger partial charge in [-0.05, 0) is 60.7 Å². The first-order chi connectivity index (χ1) is 14.4. The lowest BCUT2D eigenvalue weighted by Gasteiger charge is -2.44. The van der Waals surface area contributed by atoms with Gasteiger partial charge in [-0.3, -0.25) is 4.79 Å². The van der Waals surface area contributed by atoms with Crippen molar-refractivity contribution in [2.24, 2.45) is 0 Å². The molecule has 2 aliphatic rings. The van der Waals surface area contributed by atoms with Crippen molar-refractivity contribution in [3.63, 3.8) is 0 Å². The number of fused-ring (bicyclic) bond motifs is 3. The number of carbonyl (C=O) groups excluding carboxylic acids is 2. The molecule has 2 aromatic carbocycles. The highest BCUT2D eigenvalue weighted by Crippen LogP contribution is 2.39. The Bertz CT molecular complexity index is 1000. The molecule has 1 fully saturated rings. The first kappa shape index (κ1) is 20.1. The molecule has 2 heterocycles. The molecule has 7 nitrogen and oxygen atoms in total. The molecule has 0 aliphatic carbocycles. The summed E-state index contributed by atoms with van der Waals surface area (Å²) in [4.78, 5) is 29.3. The summed E-state index contributed by atoms with van der Waals surface area (Å²) in [7, 11) is 3.21. The Hall–Kier alpha value is -3.22. The number of anilines is 1. The molecule has 0 spiro atoms. The fourth-order valence-electron chi connectivity index (χ4n) is 4.29. The monoisotopic (exact) mass is 409 g/mol. The van der Waals surface area contributed by atoms with E-state index in [1.165, 1.54) is 0 Å². The number of methoxy groups -OCH3 is 2. The lowest BCUT2D eigenvalue weighted by molar-refractivity contribution is -0.139. The number of ether oxygens (including phenoxy) is 2. The van der Waals surface area contributed by atoms with Crippen LogP contribution in [0, 0.1) is 13.8 Å². The zero-order valence-corrected chi connectivity index (χ0v) is 17.8. The van der Waals surface area contributed by atoms with Crippen molar-refractivity contribution in [1.29, 1.82) is 0 Å². The summed E-state index contributed by atoms with van der Waals surface area (Å²) >= 11 is 0. The molecule has 1 saturated heterocycles. The van der Waals surface area contributed by atoms with Crippen LogP contribution in [0.25, 0.3) is 0 Å². The van der Waals surface area contributed by atoms with Crippen molar-refractivity contribution in [1.82, 2.24) is 9.80 Å². The summed E-state index contributed by atoms with van der Waals surface area (Å²) in [5.74, 6) is 1.27. The van der Waals surface area contributed by atoms with E-state index in [1.807, 2.05) is 49.1 Å². The second kappa shape index (κ2) is 7.89. The standard InChI is InChI=1S/C23H27N3O4/c1-14-6-5-7-18(15(14)2)24-23(28)25-12-19-17-11-21(30-4)20(29-3)10-16(17)8-9-26(19)22(27)13-25/h5-7,10-11,19H,8-9,12-13H2,1-4H3,(H,24,28). The Labute approximate surface area is 176 Å². The molecule has 30 heavy (non-hydrogen) atoms. The van der Waals surface area contributed by atoms with Gasteiger partial charge in [-0.1, -0.05) is 12.1 Å². The summed E-state index contributed by atoms with van der Waals surface area (Å²) in [6.45, 7) is 5.14. The molecule has 158 valence electrons. The van der Waals surface area contributed by atoms with Gasteiger partial charge < -0.3 is 24.6 Å². The van der Waals surface area contributed by atoms with E-state index in [0.717, 1.165) is 34.4 Å². The van der Waals surface area contributed by atoms with Crippen LogP contribution in [-0.4, -0.2) is 55.6 Å². The van der Waals surface area contributed by atoms with Crippen molar-refractivity contribution in [2.45, 2.75) is 26.3 Å². The highest BCUT2D eigenvalue weighted by atomic mass is 16.5. The molecule has 1 N–H and O–H groups in total. The lowest BCUT2D eigenvalue weighted by Crippen LogP contribution is -2.56. The summed E-state index contributed by atoms with van der Waals surface area (Å²) < 4.78 is 10.9. The van der Waals surface area contributed by atoms with E-state index in [-0.39, 0.29) is 24.5 Å². The second-order valence-electron chi connectivity index (χ2n) is 7.82. The molecular formula is C23H27N3O4. The van der Waals surface area contributed by atoms with Gasteiger partial charge in [0.15, 0.2) is 11.5 Å². The van der Waals surface area contributed by atoms with Gasteiger partial charge in [-0.25, -0.2) is 4.79 Å². The predicted molar refractivity (Wildman–Crippen MR) is 114 cm³/mol.